The van der Waals surface area contributed by atoms with Gasteiger partial charge in [0.2, 0.25) is 0 Å². The highest BCUT2D eigenvalue weighted by Gasteiger charge is 2.23. The maximum atomic E-state index is 6.21. The van der Waals surface area contributed by atoms with Crippen LogP contribution in [0.4, 0.5) is 0 Å². The summed E-state index contributed by atoms with van der Waals surface area (Å²) >= 11 is 3.42. The van der Waals surface area contributed by atoms with Gasteiger partial charge in [-0.05, 0) is 46.3 Å². The van der Waals surface area contributed by atoms with Crippen molar-refractivity contribution in [1.82, 2.24) is 4.98 Å². The molecular weight excluding hydrogens is 240 g/mol. The Labute approximate surface area is 93.0 Å². The molecule has 1 aromatic rings. The van der Waals surface area contributed by atoms with E-state index in [0.717, 1.165) is 10.0 Å². The average Bonchev–Trinajstić information content (AvgIpc) is 2.69. The van der Waals surface area contributed by atoms with E-state index >= 15 is 0 Å². The molecule has 0 saturated heterocycles. The van der Waals surface area contributed by atoms with Crippen molar-refractivity contribution in [3.8, 4) is 0 Å². The zero-order valence-electron chi connectivity index (χ0n) is 8.12. The van der Waals surface area contributed by atoms with Gasteiger partial charge < -0.3 is 5.73 Å². The van der Waals surface area contributed by atoms with Crippen molar-refractivity contribution in [1.29, 1.82) is 0 Å². The van der Waals surface area contributed by atoms with E-state index in [2.05, 4.69) is 27.0 Å². The highest BCUT2D eigenvalue weighted by Crippen LogP contribution is 2.34. The van der Waals surface area contributed by atoms with Gasteiger partial charge in [-0.3, -0.25) is 4.98 Å². The molecule has 0 aromatic carbocycles. The average molecular weight is 255 g/mol. The molecule has 2 N–H and O–H groups in total. The SMILES string of the molecule is N[C@H](c1cncc(Br)c1)C1CCCC1. The van der Waals surface area contributed by atoms with E-state index in [4.69, 9.17) is 5.73 Å². The quantitative estimate of drug-likeness (QED) is 0.882. The summed E-state index contributed by atoms with van der Waals surface area (Å²) in [5, 5.41) is 0. The third kappa shape index (κ3) is 2.15. The molecule has 1 aromatic heterocycles. The second kappa shape index (κ2) is 4.41. The Morgan fingerprint density at radius 2 is 2.07 bits per heavy atom. The van der Waals surface area contributed by atoms with Crippen LogP contribution < -0.4 is 5.73 Å². The van der Waals surface area contributed by atoms with Gasteiger partial charge in [-0.1, -0.05) is 12.8 Å². The van der Waals surface area contributed by atoms with Crippen LogP contribution in [0.1, 0.15) is 37.3 Å². The van der Waals surface area contributed by atoms with Gasteiger partial charge in [0.1, 0.15) is 0 Å². The van der Waals surface area contributed by atoms with Crippen molar-refractivity contribution in [2.75, 3.05) is 0 Å². The van der Waals surface area contributed by atoms with E-state index in [1.165, 1.54) is 25.7 Å². The molecule has 1 atom stereocenters. The number of aromatic nitrogens is 1. The fourth-order valence-corrected chi connectivity index (χ4v) is 2.58. The second-order valence-corrected chi connectivity index (χ2v) is 4.92. The van der Waals surface area contributed by atoms with E-state index in [1.807, 2.05) is 6.20 Å². The molecule has 3 heteroatoms. The first-order valence-corrected chi connectivity index (χ1v) is 5.92. The molecule has 0 bridgehead atoms. The van der Waals surface area contributed by atoms with E-state index < -0.39 is 0 Å². The molecule has 1 aliphatic rings. The van der Waals surface area contributed by atoms with Crippen LogP contribution in [-0.4, -0.2) is 4.98 Å². The summed E-state index contributed by atoms with van der Waals surface area (Å²) in [6, 6.07) is 2.25. The lowest BCUT2D eigenvalue weighted by molar-refractivity contribution is 0.444. The molecule has 1 saturated carbocycles. The standard InChI is InChI=1S/C11H15BrN2/c12-10-5-9(6-14-7-10)11(13)8-3-1-2-4-8/h5-8,11H,1-4,13H2/t11-/m0/s1. The summed E-state index contributed by atoms with van der Waals surface area (Å²) in [5.74, 6) is 0.658. The summed E-state index contributed by atoms with van der Waals surface area (Å²) in [5.41, 5.74) is 7.37. The van der Waals surface area contributed by atoms with Gasteiger partial charge in [-0.25, -0.2) is 0 Å². The minimum Gasteiger partial charge on any atom is -0.324 e. The van der Waals surface area contributed by atoms with Crippen LogP contribution in [-0.2, 0) is 0 Å². The first kappa shape index (κ1) is 10.1. The Balaban J connectivity index is 2.13. The Morgan fingerprint density at radius 1 is 1.36 bits per heavy atom. The van der Waals surface area contributed by atoms with Crippen LogP contribution in [0.5, 0.6) is 0 Å². The summed E-state index contributed by atoms with van der Waals surface area (Å²) in [6.07, 6.45) is 8.89. The minimum atomic E-state index is 0.169. The fourth-order valence-electron chi connectivity index (χ4n) is 2.20. The molecule has 14 heavy (non-hydrogen) atoms. The predicted octanol–water partition coefficient (Wildman–Crippen LogP) is 3.03. The molecule has 76 valence electrons. The van der Waals surface area contributed by atoms with Gasteiger partial charge in [0.05, 0.1) is 0 Å². The highest BCUT2D eigenvalue weighted by molar-refractivity contribution is 9.10. The minimum absolute atomic E-state index is 0.169. The van der Waals surface area contributed by atoms with Crippen molar-refractivity contribution in [3.63, 3.8) is 0 Å². The maximum absolute atomic E-state index is 6.21. The van der Waals surface area contributed by atoms with E-state index in [1.54, 1.807) is 6.20 Å². The van der Waals surface area contributed by atoms with Gasteiger partial charge in [-0.15, -0.1) is 0 Å². The molecular formula is C11H15BrN2. The third-order valence-corrected chi connectivity index (χ3v) is 3.45. The lowest BCUT2D eigenvalue weighted by atomic mass is 9.94. The van der Waals surface area contributed by atoms with Gasteiger partial charge in [0.25, 0.3) is 0 Å². The zero-order valence-corrected chi connectivity index (χ0v) is 9.70. The van der Waals surface area contributed by atoms with Crippen LogP contribution in [0.3, 0.4) is 0 Å². The van der Waals surface area contributed by atoms with E-state index in [-0.39, 0.29) is 6.04 Å². The number of hydrogen-bond donors (Lipinski definition) is 1. The number of pyridine rings is 1. The van der Waals surface area contributed by atoms with Gasteiger partial charge in [0, 0.05) is 22.9 Å². The van der Waals surface area contributed by atoms with E-state index in [0.29, 0.717) is 5.92 Å². The molecule has 0 unspecified atom stereocenters. The molecule has 2 nitrogen and oxygen atoms in total. The normalized spacial score (nSPS) is 19.9. The molecule has 0 radical (unpaired) electrons. The largest absolute Gasteiger partial charge is 0.324 e. The molecule has 1 heterocycles. The number of hydrogen-bond acceptors (Lipinski definition) is 2. The number of nitrogens with zero attached hydrogens (tertiary/aromatic N) is 1. The first-order valence-electron chi connectivity index (χ1n) is 5.13. The van der Waals surface area contributed by atoms with Crippen LogP contribution in [0, 0.1) is 5.92 Å². The summed E-state index contributed by atoms with van der Waals surface area (Å²) < 4.78 is 1.02. The van der Waals surface area contributed by atoms with Crippen LogP contribution in [0.25, 0.3) is 0 Å². The van der Waals surface area contributed by atoms with Crippen LogP contribution in [0.2, 0.25) is 0 Å². The van der Waals surface area contributed by atoms with Crippen molar-refractivity contribution < 1.29 is 0 Å². The molecule has 0 spiro atoms. The van der Waals surface area contributed by atoms with E-state index in [9.17, 15) is 0 Å². The van der Waals surface area contributed by atoms with Crippen molar-refractivity contribution >= 4 is 15.9 Å². The highest BCUT2D eigenvalue weighted by atomic mass is 79.9. The Kier molecular flexibility index (Phi) is 3.19. The topological polar surface area (TPSA) is 38.9 Å². The van der Waals surface area contributed by atoms with Crippen molar-refractivity contribution in [2.24, 2.45) is 11.7 Å². The molecule has 2 rings (SSSR count). The summed E-state index contributed by atoms with van der Waals surface area (Å²) in [4.78, 5) is 4.15. The Bertz CT molecular complexity index is 308. The number of halogens is 1. The van der Waals surface area contributed by atoms with Gasteiger partial charge in [0.15, 0.2) is 0 Å². The molecule has 0 aliphatic heterocycles. The Hall–Kier alpha value is -0.410. The fraction of sp³-hybridized carbons (Fsp3) is 0.545. The third-order valence-electron chi connectivity index (χ3n) is 3.02. The molecule has 0 amide bonds. The lowest BCUT2D eigenvalue weighted by Gasteiger charge is -2.18. The zero-order chi connectivity index (χ0) is 9.97. The summed E-state index contributed by atoms with van der Waals surface area (Å²) in [6.45, 7) is 0. The summed E-state index contributed by atoms with van der Waals surface area (Å²) in [7, 11) is 0. The number of nitrogens with two attached hydrogens (primary N) is 1. The smallest absolute Gasteiger partial charge is 0.0410 e. The molecule has 1 aliphatic carbocycles. The van der Waals surface area contributed by atoms with Gasteiger partial charge in [-0.2, -0.15) is 0 Å². The lowest BCUT2D eigenvalue weighted by Crippen LogP contribution is -2.19. The number of rotatable bonds is 2. The molecule has 1 fully saturated rings. The maximum Gasteiger partial charge on any atom is 0.0410 e. The van der Waals surface area contributed by atoms with Crippen LogP contribution >= 0.6 is 15.9 Å². The second-order valence-electron chi connectivity index (χ2n) is 4.01. The first-order chi connectivity index (χ1) is 6.77. The van der Waals surface area contributed by atoms with Crippen LogP contribution in [0.15, 0.2) is 22.9 Å². The van der Waals surface area contributed by atoms with Gasteiger partial charge >= 0.3 is 0 Å². The van der Waals surface area contributed by atoms with Crippen molar-refractivity contribution in [3.05, 3.63) is 28.5 Å². The Morgan fingerprint density at radius 3 is 2.71 bits per heavy atom. The predicted molar refractivity (Wildman–Crippen MR) is 60.8 cm³/mol. The van der Waals surface area contributed by atoms with Crippen molar-refractivity contribution in [2.45, 2.75) is 31.7 Å². The monoisotopic (exact) mass is 254 g/mol.